The standard InChI is InChI=1S/C10H14N2O2S.H2O/c1-12-4-3-6-7(5-12)15-9(11)8(6)10(13)14-2;/h3-5,11H2,1-2H3;1H2. The third kappa shape index (κ3) is 2.04. The highest BCUT2D eigenvalue weighted by molar-refractivity contribution is 7.16. The minimum Gasteiger partial charge on any atom is -0.465 e. The number of thiophene rings is 1. The molecule has 0 amide bonds. The van der Waals surface area contributed by atoms with Crippen molar-refractivity contribution in [3.8, 4) is 0 Å². The Morgan fingerprint density at radius 3 is 2.88 bits per heavy atom. The van der Waals surface area contributed by atoms with Gasteiger partial charge in [-0.25, -0.2) is 4.79 Å². The summed E-state index contributed by atoms with van der Waals surface area (Å²) < 4.78 is 4.74. The van der Waals surface area contributed by atoms with Crippen LogP contribution in [0.25, 0.3) is 0 Å². The predicted molar refractivity (Wildman–Crippen MR) is 63.7 cm³/mol. The van der Waals surface area contributed by atoms with E-state index < -0.39 is 0 Å². The van der Waals surface area contributed by atoms with E-state index in [1.165, 1.54) is 23.3 Å². The van der Waals surface area contributed by atoms with Gasteiger partial charge in [0.25, 0.3) is 0 Å². The first-order chi connectivity index (χ1) is 7.13. The van der Waals surface area contributed by atoms with Crippen molar-refractivity contribution in [2.45, 2.75) is 13.0 Å². The van der Waals surface area contributed by atoms with Gasteiger partial charge in [0.05, 0.1) is 12.7 Å². The average Bonchev–Trinajstić information content (AvgIpc) is 2.52. The number of methoxy groups -OCH3 is 1. The Kier molecular flexibility index (Phi) is 3.90. The Balaban J connectivity index is 0.00000128. The Morgan fingerprint density at radius 1 is 1.56 bits per heavy atom. The van der Waals surface area contributed by atoms with Crippen LogP contribution < -0.4 is 5.73 Å². The zero-order chi connectivity index (χ0) is 11.0. The number of hydrogen-bond donors (Lipinski definition) is 1. The van der Waals surface area contributed by atoms with E-state index >= 15 is 0 Å². The summed E-state index contributed by atoms with van der Waals surface area (Å²) in [6.07, 6.45) is 0.879. The van der Waals surface area contributed by atoms with E-state index in [-0.39, 0.29) is 11.4 Å². The number of likely N-dealkylation sites (N-methyl/N-ethyl adjacent to an activating group) is 1. The first-order valence-corrected chi connectivity index (χ1v) is 5.62. The molecule has 0 spiro atoms. The minimum absolute atomic E-state index is 0. The topological polar surface area (TPSA) is 87.1 Å². The van der Waals surface area contributed by atoms with Crippen molar-refractivity contribution in [1.29, 1.82) is 0 Å². The highest BCUT2D eigenvalue weighted by atomic mass is 32.1. The van der Waals surface area contributed by atoms with Crippen LogP contribution in [0.4, 0.5) is 5.00 Å². The van der Waals surface area contributed by atoms with Crippen LogP contribution in [0.5, 0.6) is 0 Å². The van der Waals surface area contributed by atoms with Crippen molar-refractivity contribution in [1.82, 2.24) is 4.90 Å². The van der Waals surface area contributed by atoms with E-state index in [2.05, 4.69) is 11.9 Å². The number of rotatable bonds is 1. The normalized spacial score (nSPS) is 15.1. The predicted octanol–water partition coefficient (Wildman–Crippen LogP) is 0.280. The number of nitrogen functional groups attached to an aromatic ring is 1. The van der Waals surface area contributed by atoms with Gasteiger partial charge in [0, 0.05) is 18.0 Å². The molecule has 6 heteroatoms. The van der Waals surface area contributed by atoms with E-state index in [1.54, 1.807) is 0 Å². The number of nitrogens with two attached hydrogens (primary N) is 1. The van der Waals surface area contributed by atoms with Crippen LogP contribution in [0, 0.1) is 0 Å². The SMILES string of the molecule is COC(=O)c1c(N)sc2c1CCN(C)C2.O. The summed E-state index contributed by atoms with van der Waals surface area (Å²) in [6, 6.07) is 0. The van der Waals surface area contributed by atoms with Crippen LogP contribution >= 0.6 is 11.3 Å². The molecular weight excluding hydrogens is 228 g/mol. The van der Waals surface area contributed by atoms with E-state index in [9.17, 15) is 4.79 Å². The molecular formula is C10H16N2O3S. The lowest BCUT2D eigenvalue weighted by Gasteiger charge is -2.22. The zero-order valence-corrected chi connectivity index (χ0v) is 10.2. The molecule has 0 aromatic carbocycles. The van der Waals surface area contributed by atoms with Gasteiger partial charge in [-0.3, -0.25) is 0 Å². The maximum Gasteiger partial charge on any atom is 0.341 e. The summed E-state index contributed by atoms with van der Waals surface area (Å²) in [5.41, 5.74) is 7.52. The fraction of sp³-hybridized carbons (Fsp3) is 0.500. The molecule has 1 aliphatic heterocycles. The summed E-state index contributed by atoms with van der Waals surface area (Å²) in [6.45, 7) is 1.84. The number of ether oxygens (including phenoxy) is 1. The lowest BCUT2D eigenvalue weighted by Crippen LogP contribution is -2.26. The number of fused-ring (bicyclic) bond motifs is 1. The molecule has 0 radical (unpaired) electrons. The molecule has 0 bridgehead atoms. The highest BCUT2D eigenvalue weighted by Gasteiger charge is 2.25. The Hall–Kier alpha value is -1.11. The van der Waals surface area contributed by atoms with Crippen molar-refractivity contribution in [3.05, 3.63) is 16.0 Å². The fourth-order valence-electron chi connectivity index (χ4n) is 1.88. The molecule has 5 nitrogen and oxygen atoms in total. The molecule has 0 aliphatic carbocycles. The Bertz CT molecular complexity index is 403. The summed E-state index contributed by atoms with van der Waals surface area (Å²) in [7, 11) is 3.46. The third-order valence-electron chi connectivity index (χ3n) is 2.66. The van der Waals surface area contributed by atoms with Crippen molar-refractivity contribution in [3.63, 3.8) is 0 Å². The lowest BCUT2D eigenvalue weighted by atomic mass is 10.0. The molecule has 0 atom stereocenters. The second kappa shape index (κ2) is 4.82. The van der Waals surface area contributed by atoms with Crippen molar-refractivity contribution in [2.75, 3.05) is 26.4 Å². The Labute approximate surface area is 98.1 Å². The number of carbonyl (C=O) groups excluding carboxylic acids is 1. The molecule has 0 fully saturated rings. The molecule has 1 aliphatic rings. The molecule has 2 rings (SSSR count). The number of esters is 1. The lowest BCUT2D eigenvalue weighted by molar-refractivity contribution is 0.0600. The summed E-state index contributed by atoms with van der Waals surface area (Å²) in [4.78, 5) is 15.0. The van der Waals surface area contributed by atoms with E-state index in [0.717, 1.165) is 25.1 Å². The first kappa shape index (κ1) is 13.0. The summed E-state index contributed by atoms with van der Waals surface area (Å²) in [5, 5.41) is 0.585. The quantitative estimate of drug-likeness (QED) is 0.719. The van der Waals surface area contributed by atoms with Gasteiger partial charge < -0.3 is 20.8 Å². The molecule has 16 heavy (non-hydrogen) atoms. The van der Waals surface area contributed by atoms with Crippen molar-refractivity contribution >= 4 is 22.3 Å². The number of anilines is 1. The molecule has 0 saturated heterocycles. The summed E-state index contributed by atoms with van der Waals surface area (Å²) in [5.74, 6) is -0.311. The van der Waals surface area contributed by atoms with E-state index in [1.807, 2.05) is 0 Å². The maximum atomic E-state index is 11.5. The van der Waals surface area contributed by atoms with E-state index in [4.69, 9.17) is 10.5 Å². The minimum atomic E-state index is -0.311. The van der Waals surface area contributed by atoms with Gasteiger partial charge in [0.15, 0.2) is 0 Å². The molecule has 0 saturated carbocycles. The van der Waals surface area contributed by atoms with Crippen LogP contribution in [0.2, 0.25) is 0 Å². The van der Waals surface area contributed by atoms with Gasteiger partial charge in [0.2, 0.25) is 0 Å². The van der Waals surface area contributed by atoms with Gasteiger partial charge in [-0.2, -0.15) is 0 Å². The highest BCUT2D eigenvalue weighted by Crippen LogP contribution is 2.34. The molecule has 0 unspecified atom stereocenters. The largest absolute Gasteiger partial charge is 0.465 e. The maximum absolute atomic E-state index is 11.5. The zero-order valence-electron chi connectivity index (χ0n) is 9.37. The van der Waals surface area contributed by atoms with Crippen LogP contribution in [-0.2, 0) is 17.7 Å². The van der Waals surface area contributed by atoms with Crippen molar-refractivity contribution in [2.24, 2.45) is 0 Å². The third-order valence-corrected chi connectivity index (χ3v) is 3.71. The van der Waals surface area contributed by atoms with Crippen LogP contribution in [-0.4, -0.2) is 37.0 Å². The monoisotopic (exact) mass is 244 g/mol. The van der Waals surface area contributed by atoms with Gasteiger partial charge in [-0.1, -0.05) is 0 Å². The molecule has 90 valence electrons. The van der Waals surface area contributed by atoms with Gasteiger partial charge in [-0.15, -0.1) is 11.3 Å². The second-order valence-corrected chi connectivity index (χ2v) is 4.86. The van der Waals surface area contributed by atoms with Crippen LogP contribution in [0.1, 0.15) is 20.8 Å². The van der Waals surface area contributed by atoms with Gasteiger partial charge in [-0.05, 0) is 19.0 Å². The van der Waals surface area contributed by atoms with Crippen LogP contribution in [0.15, 0.2) is 0 Å². The molecule has 2 heterocycles. The smallest absolute Gasteiger partial charge is 0.341 e. The number of carbonyl (C=O) groups is 1. The Morgan fingerprint density at radius 2 is 2.25 bits per heavy atom. The van der Waals surface area contributed by atoms with Gasteiger partial charge in [0.1, 0.15) is 5.00 Å². The number of nitrogens with zero attached hydrogens (tertiary/aromatic N) is 1. The first-order valence-electron chi connectivity index (χ1n) is 4.80. The second-order valence-electron chi connectivity index (χ2n) is 3.72. The summed E-state index contributed by atoms with van der Waals surface area (Å²) >= 11 is 1.50. The fourth-order valence-corrected chi connectivity index (χ4v) is 3.06. The average molecular weight is 244 g/mol. The van der Waals surface area contributed by atoms with Gasteiger partial charge >= 0.3 is 5.97 Å². The molecule has 4 N–H and O–H groups in total. The van der Waals surface area contributed by atoms with E-state index in [0.29, 0.717) is 10.6 Å². The molecule has 1 aromatic heterocycles. The molecule has 1 aromatic rings. The number of hydrogen-bond acceptors (Lipinski definition) is 5. The van der Waals surface area contributed by atoms with Crippen LogP contribution in [0.3, 0.4) is 0 Å². The van der Waals surface area contributed by atoms with Crippen molar-refractivity contribution < 1.29 is 15.0 Å².